The summed E-state index contributed by atoms with van der Waals surface area (Å²) in [4.78, 5) is 0. The molecule has 16 heavy (non-hydrogen) atoms. The molecule has 0 heterocycles. The van der Waals surface area contributed by atoms with Crippen LogP contribution in [0, 0.1) is 6.92 Å². The lowest BCUT2D eigenvalue weighted by atomic mass is 10.1. The summed E-state index contributed by atoms with van der Waals surface area (Å²) in [5.41, 5.74) is 1.85. The first-order valence-corrected chi connectivity index (χ1v) is 5.88. The minimum absolute atomic E-state index is 0.0747. The van der Waals surface area contributed by atoms with Crippen molar-refractivity contribution in [1.29, 1.82) is 0 Å². The van der Waals surface area contributed by atoms with Crippen molar-refractivity contribution in [2.75, 3.05) is 7.11 Å². The van der Waals surface area contributed by atoms with E-state index in [0.29, 0.717) is 5.02 Å². The zero-order valence-corrected chi connectivity index (χ0v) is 11.7. The van der Waals surface area contributed by atoms with Crippen molar-refractivity contribution in [2.45, 2.75) is 19.9 Å². The molecule has 0 aromatic heterocycles. The van der Waals surface area contributed by atoms with Crippen molar-refractivity contribution in [3.05, 3.63) is 26.7 Å². The second-order valence-electron chi connectivity index (χ2n) is 3.40. The molecule has 0 radical (unpaired) electrons. The molecule has 1 unspecified atom stereocenters. The Morgan fingerprint density at radius 1 is 1.62 bits per heavy atom. The predicted molar refractivity (Wildman–Crippen MR) is 66.4 cm³/mol. The first kappa shape index (κ1) is 13.3. The first-order valence-electron chi connectivity index (χ1n) is 4.70. The number of nitrogens with two attached hydrogens (primary N) is 1. The molecule has 1 atom stereocenters. The zero-order chi connectivity index (χ0) is 12.3. The van der Waals surface area contributed by atoms with Crippen LogP contribution in [0.2, 0.25) is 5.02 Å². The monoisotopic (exact) mass is 306 g/mol. The summed E-state index contributed by atoms with van der Waals surface area (Å²) in [7, 11) is 1.61. The number of methoxy groups -OCH3 is 1. The van der Waals surface area contributed by atoms with E-state index in [0.717, 1.165) is 21.3 Å². The molecule has 1 aromatic rings. The molecule has 0 amide bonds. The summed E-state index contributed by atoms with van der Waals surface area (Å²) in [5.74, 6) is 5.83. The number of hydrogen-bond acceptors (Lipinski definition) is 2. The molecular weight excluding hydrogens is 293 g/mol. The summed E-state index contributed by atoms with van der Waals surface area (Å²) >= 11 is 9.58. The molecule has 4 nitrogen and oxygen atoms in total. The Kier molecular flexibility index (Phi) is 4.56. The van der Waals surface area contributed by atoms with Crippen LogP contribution < -0.4 is 15.7 Å². The predicted octanol–water partition coefficient (Wildman–Crippen LogP) is 1.89. The van der Waals surface area contributed by atoms with E-state index in [1.54, 1.807) is 7.11 Å². The molecule has 0 aliphatic carbocycles. The molecule has 1 aromatic carbocycles. The molecule has 0 aliphatic rings. The highest BCUT2D eigenvalue weighted by Gasteiger charge is 2.19. The van der Waals surface area contributed by atoms with Crippen molar-refractivity contribution in [3.63, 3.8) is 0 Å². The average Bonchev–Trinajstić information content (AvgIpc) is 2.26. The molecule has 0 aliphatic heterocycles. The van der Waals surface area contributed by atoms with Gasteiger partial charge in [-0.1, -0.05) is 11.6 Å². The van der Waals surface area contributed by atoms with E-state index in [-0.39, 0.29) is 6.04 Å². The van der Waals surface area contributed by atoms with Crippen LogP contribution in [0.15, 0.2) is 15.8 Å². The van der Waals surface area contributed by atoms with Crippen LogP contribution in [0.25, 0.3) is 0 Å². The Balaban J connectivity index is 3.38. The highest BCUT2D eigenvalue weighted by molar-refractivity contribution is 9.10. The van der Waals surface area contributed by atoms with Gasteiger partial charge in [0.15, 0.2) is 0 Å². The molecular formula is C10H14BrClN3O+. The standard InChI is InChI=1S/C10H13BrClN3O/c1-5-8(12)4-7(6(2)14-15-13)10(16-3)9(5)11/h4,6H,1-3H3,(H2,13,14)/p+1. The summed E-state index contributed by atoms with van der Waals surface area (Å²) in [5, 5.41) is 6.83. The number of hydrogen-bond donors (Lipinski definition) is 2. The van der Waals surface area contributed by atoms with Crippen LogP contribution in [-0.2, 0) is 0 Å². The third-order valence-electron chi connectivity index (χ3n) is 2.37. The van der Waals surface area contributed by atoms with E-state index in [4.69, 9.17) is 22.2 Å². The number of benzene rings is 1. The summed E-state index contributed by atoms with van der Waals surface area (Å²) in [6.07, 6.45) is 0. The maximum absolute atomic E-state index is 6.12. The quantitative estimate of drug-likeness (QED) is 0.509. The molecule has 0 spiro atoms. The summed E-state index contributed by atoms with van der Waals surface area (Å²) < 4.78 is 6.20. The van der Waals surface area contributed by atoms with Crippen molar-refractivity contribution in [2.24, 2.45) is 11.1 Å². The van der Waals surface area contributed by atoms with Gasteiger partial charge in [-0.15, -0.1) is 0 Å². The smallest absolute Gasteiger partial charge is 0.140 e. The first-order chi connectivity index (χ1) is 7.52. The van der Waals surface area contributed by atoms with Gasteiger partial charge < -0.3 is 4.74 Å². The number of rotatable bonds is 3. The maximum Gasteiger partial charge on any atom is 0.140 e. The summed E-state index contributed by atoms with van der Waals surface area (Å²) in [6.45, 7) is 3.84. The number of nitrogens with zero attached hydrogens (tertiary/aromatic N) is 1. The third kappa shape index (κ3) is 2.47. The molecule has 0 saturated heterocycles. The lowest BCUT2D eigenvalue weighted by molar-refractivity contribution is -0.577. The van der Waals surface area contributed by atoms with Gasteiger partial charge in [0, 0.05) is 10.6 Å². The van der Waals surface area contributed by atoms with E-state index >= 15 is 0 Å². The molecule has 0 fully saturated rings. The fraction of sp³-hybridized carbons (Fsp3) is 0.400. The Morgan fingerprint density at radius 3 is 2.75 bits per heavy atom. The van der Waals surface area contributed by atoms with Gasteiger partial charge in [-0.25, -0.2) is 0 Å². The van der Waals surface area contributed by atoms with Crippen LogP contribution in [-0.4, -0.2) is 7.11 Å². The Hall–Kier alpha value is -0.810. The van der Waals surface area contributed by atoms with Crippen LogP contribution >= 0.6 is 27.5 Å². The van der Waals surface area contributed by atoms with Crippen LogP contribution in [0.3, 0.4) is 0 Å². The van der Waals surface area contributed by atoms with Gasteiger partial charge in [-0.05, 0) is 41.4 Å². The number of halogens is 2. The van der Waals surface area contributed by atoms with Gasteiger partial charge >= 0.3 is 0 Å². The van der Waals surface area contributed by atoms with Gasteiger partial charge in [0.1, 0.15) is 11.8 Å². The highest BCUT2D eigenvalue weighted by Crippen LogP contribution is 2.38. The van der Waals surface area contributed by atoms with E-state index in [2.05, 4.69) is 26.3 Å². The molecule has 0 saturated carbocycles. The van der Waals surface area contributed by atoms with E-state index in [9.17, 15) is 0 Å². The van der Waals surface area contributed by atoms with Crippen LogP contribution in [0.1, 0.15) is 24.1 Å². The van der Waals surface area contributed by atoms with E-state index in [1.165, 1.54) is 0 Å². The lowest BCUT2D eigenvalue weighted by Gasteiger charge is -2.14. The Morgan fingerprint density at radius 2 is 2.25 bits per heavy atom. The van der Waals surface area contributed by atoms with Gasteiger partial charge in [0.25, 0.3) is 0 Å². The third-order valence-corrected chi connectivity index (χ3v) is 3.72. The largest absolute Gasteiger partial charge is 0.495 e. The Labute approximate surface area is 108 Å². The van der Waals surface area contributed by atoms with Crippen molar-refractivity contribution >= 4 is 27.5 Å². The highest BCUT2D eigenvalue weighted by atomic mass is 79.9. The Bertz CT molecular complexity index is 423. The van der Waals surface area contributed by atoms with E-state index < -0.39 is 0 Å². The molecule has 88 valence electrons. The molecule has 6 heteroatoms. The zero-order valence-electron chi connectivity index (χ0n) is 9.34. The minimum atomic E-state index is -0.0747. The van der Waals surface area contributed by atoms with Crippen molar-refractivity contribution < 1.29 is 9.85 Å². The van der Waals surface area contributed by atoms with Crippen molar-refractivity contribution in [1.82, 2.24) is 0 Å². The summed E-state index contributed by atoms with van der Waals surface area (Å²) in [6, 6.07) is 1.78. The fourth-order valence-electron chi connectivity index (χ4n) is 1.42. The number of nitrogens with one attached hydrogen (secondary N) is 1. The second-order valence-corrected chi connectivity index (χ2v) is 4.60. The van der Waals surface area contributed by atoms with Gasteiger partial charge in [-0.3, -0.25) is 0 Å². The normalized spacial score (nSPS) is 13.1. The average molecular weight is 308 g/mol. The van der Waals surface area contributed by atoms with Gasteiger partial charge in [0.05, 0.1) is 16.8 Å². The lowest BCUT2D eigenvalue weighted by Crippen LogP contribution is -2.67. The van der Waals surface area contributed by atoms with Gasteiger partial charge in [0.2, 0.25) is 0 Å². The topological polar surface area (TPSA) is 61.6 Å². The van der Waals surface area contributed by atoms with Crippen molar-refractivity contribution in [3.8, 4) is 5.75 Å². The van der Waals surface area contributed by atoms with E-state index in [1.807, 2.05) is 19.9 Å². The number of ether oxygens (including phenoxy) is 1. The molecule has 1 rings (SSSR count). The maximum atomic E-state index is 6.12. The molecule has 0 bridgehead atoms. The SMILES string of the molecule is COc1c(C(C)[NH+]=NN)cc(Cl)c(C)c1Br. The van der Waals surface area contributed by atoms with Crippen LogP contribution in [0.4, 0.5) is 0 Å². The fourth-order valence-corrected chi connectivity index (χ4v) is 2.35. The second kappa shape index (κ2) is 5.50. The minimum Gasteiger partial charge on any atom is -0.495 e. The van der Waals surface area contributed by atoms with Crippen LogP contribution in [0.5, 0.6) is 5.75 Å². The van der Waals surface area contributed by atoms with Gasteiger partial charge in [-0.2, -0.15) is 11.0 Å². The molecule has 3 N–H and O–H groups in total.